The topological polar surface area (TPSA) is 114 Å². The molecule has 1 heterocycles. The summed E-state index contributed by atoms with van der Waals surface area (Å²) in [5.74, 6) is -0.229. The van der Waals surface area contributed by atoms with Crippen molar-refractivity contribution < 1.29 is 43.0 Å². The van der Waals surface area contributed by atoms with Crippen LogP contribution in [0.2, 0.25) is 0 Å². The molecule has 0 aliphatic heterocycles. The van der Waals surface area contributed by atoms with Crippen molar-refractivity contribution in [3.63, 3.8) is 0 Å². The van der Waals surface area contributed by atoms with Crippen molar-refractivity contribution in [1.29, 1.82) is 0 Å². The molecule has 21 heavy (non-hydrogen) atoms. The van der Waals surface area contributed by atoms with Crippen LogP contribution in [0.5, 0.6) is 0 Å². The maximum absolute atomic E-state index is 11.8. The second-order valence-electron chi connectivity index (χ2n) is 5.14. The van der Waals surface area contributed by atoms with E-state index in [0.717, 1.165) is 11.4 Å². The second-order valence-corrected chi connectivity index (χ2v) is 6.00. The summed E-state index contributed by atoms with van der Waals surface area (Å²) in [6.07, 6.45) is 0. The number of nitrogens with zero attached hydrogens (tertiary/aromatic N) is 1. The monoisotopic (exact) mass is 324 g/mol. The summed E-state index contributed by atoms with van der Waals surface area (Å²) in [6.45, 7) is 9.80. The van der Waals surface area contributed by atoms with Gasteiger partial charge in [0.2, 0.25) is 0 Å². The van der Waals surface area contributed by atoms with Crippen LogP contribution in [0, 0.1) is 31.0 Å². The van der Waals surface area contributed by atoms with Gasteiger partial charge in [-0.3, -0.25) is 0 Å². The van der Waals surface area contributed by atoms with Crippen LogP contribution in [-0.2, 0) is 15.1 Å². The van der Waals surface area contributed by atoms with Gasteiger partial charge in [0.25, 0.3) is 5.54 Å². The number of methoxy groups -OCH3 is 1. The molecule has 1 aromatic heterocycles. The summed E-state index contributed by atoms with van der Waals surface area (Å²) in [7, 11) is -2.77. The van der Waals surface area contributed by atoms with E-state index in [1.165, 1.54) is 12.7 Å². The number of ether oxygens (including phenoxy) is 1. The number of aryl methyl sites for hydroxylation is 3. The fourth-order valence-corrected chi connectivity index (χ4v) is 2.33. The molecule has 1 rings (SSSR count). The number of carbonyl (C=O) groups excluding carboxylic acids is 1. The third-order valence-corrected chi connectivity index (χ3v) is 2.82. The van der Waals surface area contributed by atoms with Crippen LogP contribution >= 0.6 is 0 Å². The molecule has 0 saturated heterocycles. The number of pyridine rings is 1. The van der Waals surface area contributed by atoms with Gasteiger partial charge in [-0.05, 0) is 12.5 Å². The van der Waals surface area contributed by atoms with Gasteiger partial charge in [0.15, 0.2) is 11.4 Å². The zero-order chi connectivity index (χ0) is 17.0. The molecular formula is C13H23ClNO6+. The number of halogens is 1. The fraction of sp³-hybridized carbons (Fsp3) is 0.538. The quantitative estimate of drug-likeness (QED) is 0.472. The standard InChI is InChI=1S/C13H20NO2.ClH3O4/c1-9-7-10(2)14(11(3)8-9)13(4,5)12(15)16-6;2-1(3,4)5/h7-8H,1-6H3;2-4H/q+1;. The molecule has 0 spiro atoms. The summed E-state index contributed by atoms with van der Waals surface area (Å²) >= 11 is 0. The van der Waals surface area contributed by atoms with E-state index in [4.69, 9.17) is 23.4 Å². The molecule has 0 bridgehead atoms. The van der Waals surface area contributed by atoms with Crippen LogP contribution in [-0.4, -0.2) is 27.1 Å². The predicted molar refractivity (Wildman–Crippen MR) is 68.8 cm³/mol. The zero-order valence-corrected chi connectivity index (χ0v) is 13.8. The Morgan fingerprint density at radius 2 is 1.52 bits per heavy atom. The van der Waals surface area contributed by atoms with E-state index in [1.54, 1.807) is 0 Å². The molecule has 0 atom stereocenters. The minimum atomic E-state index is -4.19. The van der Waals surface area contributed by atoms with Crippen molar-refractivity contribution in [3.8, 4) is 0 Å². The molecular weight excluding hydrogens is 302 g/mol. The SMILES string of the molecule is COC(=O)C(C)(C)[n+]1c(C)cc(C)cc1C.[O-][Cl+](O)(O)O. The third kappa shape index (κ3) is 6.36. The van der Waals surface area contributed by atoms with Gasteiger partial charge in [0, 0.05) is 39.8 Å². The van der Waals surface area contributed by atoms with Crippen molar-refractivity contribution in [2.24, 2.45) is 0 Å². The number of esters is 1. The van der Waals surface area contributed by atoms with Gasteiger partial charge >= 0.3 is 34.8 Å². The maximum atomic E-state index is 11.8. The van der Waals surface area contributed by atoms with Crippen LogP contribution < -0.4 is 9.23 Å². The second kappa shape index (κ2) is 7.15. The molecule has 1 aromatic rings. The summed E-state index contributed by atoms with van der Waals surface area (Å²) < 4.78 is 37.1. The van der Waals surface area contributed by atoms with E-state index in [9.17, 15) is 4.79 Å². The van der Waals surface area contributed by atoms with Crippen molar-refractivity contribution in [3.05, 3.63) is 29.1 Å². The molecule has 0 unspecified atom stereocenters. The van der Waals surface area contributed by atoms with Gasteiger partial charge in [0.1, 0.15) is 0 Å². The van der Waals surface area contributed by atoms with E-state index >= 15 is 0 Å². The minimum absolute atomic E-state index is 0.229. The third-order valence-electron chi connectivity index (χ3n) is 2.82. The molecule has 0 fully saturated rings. The van der Waals surface area contributed by atoms with Crippen molar-refractivity contribution in [2.45, 2.75) is 40.2 Å². The Morgan fingerprint density at radius 3 is 1.81 bits per heavy atom. The molecule has 0 amide bonds. The molecule has 0 aromatic carbocycles. The van der Waals surface area contributed by atoms with E-state index in [2.05, 4.69) is 19.1 Å². The average Bonchev–Trinajstić information content (AvgIpc) is 2.23. The van der Waals surface area contributed by atoms with E-state index in [-0.39, 0.29) is 5.97 Å². The Hall–Kier alpha value is -1.25. The molecule has 122 valence electrons. The number of carbonyl (C=O) groups is 1. The van der Waals surface area contributed by atoms with Crippen LogP contribution in [0.1, 0.15) is 30.8 Å². The van der Waals surface area contributed by atoms with Crippen LogP contribution in [0.15, 0.2) is 12.1 Å². The Kier molecular flexibility index (Phi) is 6.72. The molecule has 0 aliphatic carbocycles. The molecule has 0 radical (unpaired) electrons. The summed E-state index contributed by atoms with van der Waals surface area (Å²) in [6, 6.07) is 4.13. The average molecular weight is 325 g/mol. The first-order chi connectivity index (χ1) is 9.30. The Balaban J connectivity index is 0.000000690. The zero-order valence-electron chi connectivity index (χ0n) is 13.0. The van der Waals surface area contributed by atoms with Crippen molar-refractivity contribution in [2.75, 3.05) is 7.11 Å². The Morgan fingerprint density at radius 1 is 1.19 bits per heavy atom. The van der Waals surface area contributed by atoms with E-state index in [0.29, 0.717) is 0 Å². The van der Waals surface area contributed by atoms with Gasteiger partial charge in [-0.2, -0.15) is 4.57 Å². The summed E-state index contributed by atoms with van der Waals surface area (Å²) in [4.78, 5) is 11.8. The van der Waals surface area contributed by atoms with Gasteiger partial charge in [0.05, 0.1) is 7.11 Å². The van der Waals surface area contributed by atoms with Crippen LogP contribution in [0.25, 0.3) is 0 Å². The number of hydrogen-bond acceptors (Lipinski definition) is 6. The first-order valence-corrected chi connectivity index (χ1v) is 7.38. The molecule has 8 heteroatoms. The Bertz CT molecular complexity index is 481. The number of aromatic nitrogens is 1. The van der Waals surface area contributed by atoms with E-state index in [1.807, 2.05) is 32.3 Å². The summed E-state index contributed by atoms with van der Waals surface area (Å²) in [5, 5.41) is 0. The predicted octanol–water partition coefficient (Wildman–Crippen LogP) is -1.05. The van der Waals surface area contributed by atoms with Crippen molar-refractivity contribution in [1.82, 2.24) is 0 Å². The molecule has 0 saturated carbocycles. The first-order valence-electron chi connectivity index (χ1n) is 6.05. The Labute approximate surface area is 126 Å². The summed E-state index contributed by atoms with van der Waals surface area (Å²) in [5.41, 5.74) is 2.66. The van der Waals surface area contributed by atoms with Crippen LogP contribution in [0.3, 0.4) is 0 Å². The van der Waals surface area contributed by atoms with Gasteiger partial charge < -0.3 is 4.74 Å². The number of rotatable bonds is 2. The molecule has 7 nitrogen and oxygen atoms in total. The van der Waals surface area contributed by atoms with Gasteiger partial charge in [-0.15, -0.1) is 0 Å². The number of hydrogen-bond donors (Lipinski definition) is 3. The van der Waals surface area contributed by atoms with E-state index < -0.39 is 15.8 Å². The van der Waals surface area contributed by atoms with Crippen LogP contribution in [0.4, 0.5) is 0 Å². The normalized spacial score (nSPS) is 12.3. The molecule has 0 aliphatic rings. The van der Waals surface area contributed by atoms with Crippen molar-refractivity contribution >= 4 is 5.97 Å². The van der Waals surface area contributed by atoms with Gasteiger partial charge in [-0.25, -0.2) is 4.79 Å². The molecule has 3 N–H and O–H groups in total. The fourth-order valence-electron chi connectivity index (χ4n) is 2.33. The van der Waals surface area contributed by atoms with Gasteiger partial charge in [-0.1, -0.05) is 0 Å². The first kappa shape index (κ1) is 19.8.